The van der Waals surface area contributed by atoms with Crippen molar-refractivity contribution in [2.45, 2.75) is 149 Å². The molecule has 236 valence electrons. The largest absolute Gasteiger partial charge is 0.394 e. The van der Waals surface area contributed by atoms with Gasteiger partial charge in [-0.1, -0.05) is 66.0 Å². The highest BCUT2D eigenvalue weighted by Gasteiger charge is 2.59. The van der Waals surface area contributed by atoms with Crippen LogP contribution in [-0.2, 0) is 9.47 Å². The van der Waals surface area contributed by atoms with Crippen LogP contribution in [0.2, 0.25) is 0 Å². The third kappa shape index (κ3) is 5.73. The molecule has 0 unspecified atom stereocenters. The molecule has 5 rings (SSSR count). The van der Waals surface area contributed by atoms with E-state index in [-0.39, 0.29) is 11.5 Å². The highest BCUT2D eigenvalue weighted by molar-refractivity contribution is 5.25. The number of fused-ring (bicyclic) bond motifs is 5. The molecule has 0 aromatic heterocycles. The fourth-order valence-electron chi connectivity index (χ4n) is 10.8. The molecule has 4 aliphatic carbocycles. The minimum Gasteiger partial charge on any atom is -0.394 e. The summed E-state index contributed by atoms with van der Waals surface area (Å²) < 4.78 is 11.9. The summed E-state index contributed by atoms with van der Waals surface area (Å²) in [5.41, 5.74) is 2.19. The Morgan fingerprint density at radius 2 is 1.71 bits per heavy atom. The minimum atomic E-state index is -1.40. The Hall–Kier alpha value is -0.500. The highest BCUT2D eigenvalue weighted by atomic mass is 16.7. The normalized spacial score (nSPS) is 47.7. The predicted octanol–water partition coefficient (Wildman–Crippen LogP) is 5.85. The maximum Gasteiger partial charge on any atom is 0.186 e. The van der Waals surface area contributed by atoms with E-state index in [1.165, 1.54) is 56.9 Å². The summed E-state index contributed by atoms with van der Waals surface area (Å²) in [6.07, 6.45) is 9.92. The molecule has 3 saturated carbocycles. The van der Waals surface area contributed by atoms with Crippen molar-refractivity contribution in [2.24, 2.45) is 52.3 Å². The molecule has 1 aliphatic heterocycles. The molecule has 0 bridgehead atoms. The predicted molar refractivity (Wildman–Crippen MR) is 161 cm³/mol. The van der Waals surface area contributed by atoms with Gasteiger partial charge in [-0.2, -0.15) is 0 Å². The number of hydrogen-bond acceptors (Lipinski definition) is 6. The van der Waals surface area contributed by atoms with Crippen molar-refractivity contribution >= 4 is 0 Å². The molecule has 1 heterocycles. The molecule has 4 N–H and O–H groups in total. The zero-order valence-electron chi connectivity index (χ0n) is 26.7. The lowest BCUT2D eigenvalue weighted by atomic mass is 9.47. The molecule has 1 saturated heterocycles. The molecule has 6 nitrogen and oxygen atoms in total. The third-order valence-electron chi connectivity index (χ3n) is 13.5. The SMILES string of the molecule is CC[C@H](CC[C@@H](C)[C@H]1CC[C@H]2[C@@H]3CC=C4C[C@@H](O[C@@H]5O[C@H](CO)[C@@H](O)[C@H](O)[C@H]5O)CC[C@]4(C)[C@H]3CC[C@]12C)C(C)C. The van der Waals surface area contributed by atoms with E-state index in [4.69, 9.17) is 9.47 Å². The molecule has 0 aromatic carbocycles. The number of allylic oxidation sites excluding steroid dienone is 1. The first-order valence-electron chi connectivity index (χ1n) is 17.1. The second kappa shape index (κ2) is 12.5. The highest BCUT2D eigenvalue weighted by Crippen LogP contribution is 2.67. The Morgan fingerprint density at radius 1 is 0.951 bits per heavy atom. The van der Waals surface area contributed by atoms with E-state index in [1.807, 2.05) is 0 Å². The maximum absolute atomic E-state index is 10.5. The van der Waals surface area contributed by atoms with Crippen LogP contribution in [0.15, 0.2) is 11.6 Å². The molecule has 0 radical (unpaired) electrons. The van der Waals surface area contributed by atoms with Gasteiger partial charge in [0, 0.05) is 0 Å². The molecule has 0 spiro atoms. The summed E-state index contributed by atoms with van der Waals surface area (Å²) in [7, 11) is 0. The molecular weight excluding hydrogens is 516 g/mol. The molecular formula is C35H60O6. The van der Waals surface area contributed by atoms with E-state index in [9.17, 15) is 20.4 Å². The van der Waals surface area contributed by atoms with E-state index in [0.717, 1.165) is 60.7 Å². The lowest BCUT2D eigenvalue weighted by molar-refractivity contribution is -0.313. The quantitative estimate of drug-likeness (QED) is 0.257. The number of aliphatic hydroxyl groups is 4. The standard InChI is InChI=1S/C35H60O6/c1-7-22(20(2)3)9-8-21(4)26-12-13-27-25-11-10-23-18-24(14-16-34(23,5)28(25)15-17-35(26,27)6)40-33-32(39)31(38)30(37)29(19-36)41-33/h10,20-22,24-33,36-39H,7-9,11-19H2,1-6H3/t21-,22-,24+,25+,26-,27+,28+,29-,30-,31+,32-,33-,34+,35-/m1/s1. The third-order valence-corrected chi connectivity index (χ3v) is 13.5. The van der Waals surface area contributed by atoms with Gasteiger partial charge in [-0.15, -0.1) is 0 Å². The molecule has 14 atom stereocenters. The smallest absolute Gasteiger partial charge is 0.186 e. The van der Waals surface area contributed by atoms with E-state index < -0.39 is 37.3 Å². The van der Waals surface area contributed by atoms with Crippen LogP contribution in [0.3, 0.4) is 0 Å². The minimum absolute atomic E-state index is 0.101. The van der Waals surface area contributed by atoms with Crippen molar-refractivity contribution in [3.63, 3.8) is 0 Å². The van der Waals surface area contributed by atoms with Crippen LogP contribution in [0.25, 0.3) is 0 Å². The van der Waals surface area contributed by atoms with Crippen molar-refractivity contribution in [2.75, 3.05) is 6.61 Å². The average Bonchev–Trinajstić information content (AvgIpc) is 3.30. The van der Waals surface area contributed by atoms with Crippen LogP contribution in [0.1, 0.15) is 112 Å². The Kier molecular flexibility index (Phi) is 9.71. The van der Waals surface area contributed by atoms with Gasteiger partial charge in [0.05, 0.1) is 12.7 Å². The van der Waals surface area contributed by atoms with Crippen LogP contribution in [0.4, 0.5) is 0 Å². The van der Waals surface area contributed by atoms with Crippen molar-refractivity contribution in [3.05, 3.63) is 11.6 Å². The topological polar surface area (TPSA) is 99.4 Å². The summed E-state index contributed by atoms with van der Waals surface area (Å²) in [6, 6.07) is 0. The summed E-state index contributed by atoms with van der Waals surface area (Å²) in [5.74, 6) is 5.66. The second-order valence-electron chi connectivity index (χ2n) is 15.7. The molecule has 0 amide bonds. The van der Waals surface area contributed by atoms with Gasteiger partial charge in [0.15, 0.2) is 6.29 Å². The van der Waals surface area contributed by atoms with Gasteiger partial charge in [0.25, 0.3) is 0 Å². The maximum atomic E-state index is 10.5. The van der Waals surface area contributed by atoms with Crippen molar-refractivity contribution in [1.82, 2.24) is 0 Å². The van der Waals surface area contributed by atoms with Crippen LogP contribution in [0.5, 0.6) is 0 Å². The number of rotatable bonds is 9. The Labute approximate surface area is 249 Å². The van der Waals surface area contributed by atoms with Gasteiger partial charge in [-0.3, -0.25) is 0 Å². The van der Waals surface area contributed by atoms with Crippen LogP contribution in [0, 0.1) is 52.3 Å². The second-order valence-corrected chi connectivity index (χ2v) is 15.7. The van der Waals surface area contributed by atoms with Gasteiger partial charge in [0.2, 0.25) is 0 Å². The van der Waals surface area contributed by atoms with E-state index >= 15 is 0 Å². The van der Waals surface area contributed by atoms with E-state index in [1.54, 1.807) is 0 Å². The van der Waals surface area contributed by atoms with E-state index in [2.05, 4.69) is 47.6 Å². The zero-order valence-corrected chi connectivity index (χ0v) is 26.7. The first-order chi connectivity index (χ1) is 19.4. The van der Waals surface area contributed by atoms with Gasteiger partial charge >= 0.3 is 0 Å². The Bertz CT molecular complexity index is 918. The van der Waals surface area contributed by atoms with E-state index in [0.29, 0.717) is 5.41 Å². The zero-order chi connectivity index (χ0) is 29.7. The molecule has 41 heavy (non-hydrogen) atoms. The number of hydrogen-bond donors (Lipinski definition) is 4. The number of ether oxygens (including phenoxy) is 2. The van der Waals surface area contributed by atoms with Crippen LogP contribution in [-0.4, -0.2) is 63.8 Å². The lowest BCUT2D eigenvalue weighted by Crippen LogP contribution is -2.60. The van der Waals surface area contributed by atoms with Gasteiger partial charge in [-0.25, -0.2) is 0 Å². The summed E-state index contributed by atoms with van der Waals surface area (Å²) in [6.45, 7) is 14.5. The molecule has 0 aromatic rings. The average molecular weight is 577 g/mol. The van der Waals surface area contributed by atoms with Crippen molar-refractivity contribution < 1.29 is 29.9 Å². The fraction of sp³-hybridized carbons (Fsp3) is 0.943. The lowest BCUT2D eigenvalue weighted by Gasteiger charge is -2.58. The van der Waals surface area contributed by atoms with Gasteiger partial charge < -0.3 is 29.9 Å². The fourth-order valence-corrected chi connectivity index (χ4v) is 10.8. The first kappa shape index (κ1) is 31.9. The van der Waals surface area contributed by atoms with Gasteiger partial charge in [-0.05, 0) is 110 Å². The monoisotopic (exact) mass is 576 g/mol. The van der Waals surface area contributed by atoms with Crippen molar-refractivity contribution in [3.8, 4) is 0 Å². The molecule has 4 fully saturated rings. The molecule has 5 aliphatic rings. The summed E-state index contributed by atoms with van der Waals surface area (Å²) in [5, 5.41) is 40.4. The van der Waals surface area contributed by atoms with Crippen molar-refractivity contribution in [1.29, 1.82) is 0 Å². The van der Waals surface area contributed by atoms with Gasteiger partial charge in [0.1, 0.15) is 24.4 Å². The number of aliphatic hydroxyl groups excluding tert-OH is 4. The first-order valence-corrected chi connectivity index (χ1v) is 17.1. The Morgan fingerprint density at radius 3 is 2.39 bits per heavy atom. The summed E-state index contributed by atoms with van der Waals surface area (Å²) in [4.78, 5) is 0. The summed E-state index contributed by atoms with van der Waals surface area (Å²) >= 11 is 0. The van der Waals surface area contributed by atoms with Crippen LogP contribution >= 0.6 is 0 Å². The van der Waals surface area contributed by atoms with Crippen LogP contribution < -0.4 is 0 Å². The molecule has 6 heteroatoms. The Balaban J connectivity index is 1.24.